The summed E-state index contributed by atoms with van der Waals surface area (Å²) in [6.45, 7) is 0.848. The standard InChI is InChI=1S/C12H22N2O6S/c1-6(16)14-9-11(19)10(18)7(5-15)20-12(9)21-4-3-8(17)13-2/h7,9-12,15,18-19H,3-5H2,1-2H3,(H,13,17)(H,14,16)/t7-,9-,10+,11-,12+/m1/s1. The van der Waals surface area contributed by atoms with Gasteiger partial charge in [-0.25, -0.2) is 0 Å². The molecule has 1 saturated heterocycles. The summed E-state index contributed by atoms with van der Waals surface area (Å²) in [6, 6.07) is -0.810. The molecule has 2 amide bonds. The molecule has 0 unspecified atom stereocenters. The molecule has 122 valence electrons. The molecule has 0 saturated carbocycles. The Morgan fingerprint density at radius 2 is 1.95 bits per heavy atom. The topological polar surface area (TPSA) is 128 Å². The molecule has 0 spiro atoms. The van der Waals surface area contributed by atoms with E-state index in [1.807, 2.05) is 0 Å². The van der Waals surface area contributed by atoms with Gasteiger partial charge in [-0.05, 0) is 0 Å². The normalized spacial score (nSPS) is 32.5. The van der Waals surface area contributed by atoms with Crippen LogP contribution in [0.2, 0.25) is 0 Å². The Kier molecular flexibility index (Phi) is 7.40. The molecule has 0 aliphatic carbocycles. The molecule has 1 aliphatic heterocycles. The number of carbonyl (C=O) groups excluding carboxylic acids is 2. The minimum atomic E-state index is -1.29. The van der Waals surface area contributed by atoms with E-state index in [1.165, 1.54) is 25.7 Å². The molecule has 1 fully saturated rings. The maximum atomic E-state index is 11.2. The van der Waals surface area contributed by atoms with Gasteiger partial charge in [0.25, 0.3) is 0 Å². The maximum Gasteiger partial charge on any atom is 0.220 e. The van der Waals surface area contributed by atoms with Crippen molar-refractivity contribution in [2.24, 2.45) is 0 Å². The van der Waals surface area contributed by atoms with E-state index in [4.69, 9.17) is 9.84 Å². The fourth-order valence-corrected chi connectivity index (χ4v) is 3.20. The molecular formula is C12H22N2O6S. The summed E-state index contributed by atoms with van der Waals surface area (Å²) < 4.78 is 5.50. The second kappa shape index (κ2) is 8.54. The van der Waals surface area contributed by atoms with Gasteiger partial charge in [-0.2, -0.15) is 0 Å². The lowest BCUT2D eigenvalue weighted by molar-refractivity contribution is -0.173. The van der Waals surface area contributed by atoms with Gasteiger partial charge in [0.05, 0.1) is 12.6 Å². The van der Waals surface area contributed by atoms with Crippen molar-refractivity contribution < 1.29 is 29.6 Å². The van der Waals surface area contributed by atoms with E-state index in [2.05, 4.69) is 10.6 Å². The number of carbonyl (C=O) groups is 2. The van der Waals surface area contributed by atoms with E-state index in [1.54, 1.807) is 0 Å². The van der Waals surface area contributed by atoms with Crippen LogP contribution in [0.1, 0.15) is 13.3 Å². The molecule has 0 radical (unpaired) electrons. The molecule has 5 atom stereocenters. The molecule has 1 heterocycles. The second-order valence-corrected chi connectivity index (χ2v) is 5.93. The van der Waals surface area contributed by atoms with Crippen molar-refractivity contribution in [2.75, 3.05) is 19.4 Å². The first-order chi connectivity index (χ1) is 9.90. The van der Waals surface area contributed by atoms with E-state index in [0.29, 0.717) is 5.75 Å². The Hall–Kier alpha value is -0.870. The molecule has 8 nitrogen and oxygen atoms in total. The third-order valence-corrected chi connectivity index (χ3v) is 4.31. The van der Waals surface area contributed by atoms with Crippen LogP contribution in [0, 0.1) is 0 Å². The predicted octanol–water partition coefficient (Wildman–Crippen LogP) is -2.20. The highest BCUT2D eigenvalue weighted by molar-refractivity contribution is 7.99. The van der Waals surface area contributed by atoms with Crippen molar-refractivity contribution in [1.29, 1.82) is 0 Å². The Morgan fingerprint density at radius 3 is 2.48 bits per heavy atom. The molecule has 1 rings (SSSR count). The lowest BCUT2D eigenvalue weighted by Crippen LogP contribution is -2.63. The zero-order chi connectivity index (χ0) is 16.0. The number of hydrogen-bond acceptors (Lipinski definition) is 7. The highest BCUT2D eigenvalue weighted by atomic mass is 32.2. The van der Waals surface area contributed by atoms with Crippen LogP contribution in [0.5, 0.6) is 0 Å². The van der Waals surface area contributed by atoms with Gasteiger partial charge < -0.3 is 30.7 Å². The van der Waals surface area contributed by atoms with Gasteiger partial charge in [0.2, 0.25) is 11.8 Å². The van der Waals surface area contributed by atoms with Crippen LogP contribution in [-0.2, 0) is 14.3 Å². The van der Waals surface area contributed by atoms with Gasteiger partial charge in [0.1, 0.15) is 23.7 Å². The Balaban J connectivity index is 2.69. The minimum absolute atomic E-state index is 0.131. The smallest absolute Gasteiger partial charge is 0.220 e. The van der Waals surface area contributed by atoms with Crippen LogP contribution in [0.3, 0.4) is 0 Å². The molecule has 1 aliphatic rings. The Bertz CT molecular complexity index is 370. The summed E-state index contributed by atoms with van der Waals surface area (Å²) in [5.74, 6) is -0.0793. The number of thioether (sulfide) groups is 1. The van der Waals surface area contributed by atoms with Gasteiger partial charge in [-0.3, -0.25) is 9.59 Å². The zero-order valence-electron chi connectivity index (χ0n) is 12.0. The summed E-state index contributed by atoms with van der Waals surface area (Å²) in [4.78, 5) is 22.4. The number of nitrogens with one attached hydrogen (secondary N) is 2. The highest BCUT2D eigenvalue weighted by Crippen LogP contribution is 2.28. The van der Waals surface area contributed by atoms with Crippen LogP contribution in [0.15, 0.2) is 0 Å². The predicted molar refractivity (Wildman–Crippen MR) is 76.5 cm³/mol. The first kappa shape index (κ1) is 18.2. The second-order valence-electron chi connectivity index (χ2n) is 4.73. The average molecular weight is 322 g/mol. The number of ether oxygens (including phenoxy) is 1. The number of hydrogen-bond donors (Lipinski definition) is 5. The first-order valence-corrected chi connectivity index (χ1v) is 7.67. The van der Waals surface area contributed by atoms with Crippen LogP contribution in [0.25, 0.3) is 0 Å². The fraction of sp³-hybridized carbons (Fsp3) is 0.833. The van der Waals surface area contributed by atoms with E-state index in [-0.39, 0.29) is 18.2 Å². The largest absolute Gasteiger partial charge is 0.394 e. The number of aliphatic hydroxyl groups excluding tert-OH is 3. The third kappa shape index (κ3) is 5.11. The summed E-state index contributed by atoms with van der Waals surface area (Å²) in [6.07, 6.45) is -3.21. The van der Waals surface area contributed by atoms with Gasteiger partial charge >= 0.3 is 0 Å². The first-order valence-electron chi connectivity index (χ1n) is 6.62. The Morgan fingerprint density at radius 1 is 1.29 bits per heavy atom. The Labute approximate surface area is 127 Å². The summed E-state index contributed by atoms with van der Waals surface area (Å²) in [5, 5.41) is 34.1. The van der Waals surface area contributed by atoms with Crippen LogP contribution in [0.4, 0.5) is 0 Å². The van der Waals surface area contributed by atoms with Crippen LogP contribution in [-0.4, -0.2) is 76.3 Å². The molecule has 0 aromatic rings. The monoisotopic (exact) mass is 322 g/mol. The van der Waals surface area contributed by atoms with Crippen molar-refractivity contribution in [3.8, 4) is 0 Å². The molecular weight excluding hydrogens is 300 g/mol. The van der Waals surface area contributed by atoms with E-state index >= 15 is 0 Å². The average Bonchev–Trinajstić information content (AvgIpc) is 2.45. The van der Waals surface area contributed by atoms with Gasteiger partial charge in [-0.15, -0.1) is 11.8 Å². The highest BCUT2D eigenvalue weighted by Gasteiger charge is 2.44. The van der Waals surface area contributed by atoms with E-state index in [0.717, 1.165) is 0 Å². The number of aliphatic hydroxyl groups is 3. The van der Waals surface area contributed by atoms with Crippen molar-refractivity contribution >= 4 is 23.6 Å². The third-order valence-electron chi connectivity index (χ3n) is 3.14. The minimum Gasteiger partial charge on any atom is -0.394 e. The van der Waals surface area contributed by atoms with Gasteiger partial charge in [0, 0.05) is 26.1 Å². The molecule has 0 aromatic carbocycles. The fourth-order valence-electron chi connectivity index (χ4n) is 2.01. The van der Waals surface area contributed by atoms with Gasteiger partial charge in [-0.1, -0.05) is 0 Å². The number of rotatable bonds is 6. The number of amides is 2. The molecule has 9 heteroatoms. The lowest BCUT2D eigenvalue weighted by Gasteiger charge is -2.42. The van der Waals surface area contributed by atoms with Crippen molar-refractivity contribution in [1.82, 2.24) is 10.6 Å². The maximum absolute atomic E-state index is 11.2. The molecule has 5 N–H and O–H groups in total. The van der Waals surface area contributed by atoms with Crippen molar-refractivity contribution in [2.45, 2.75) is 43.1 Å². The zero-order valence-corrected chi connectivity index (χ0v) is 12.8. The summed E-state index contributed by atoms with van der Waals surface area (Å²) >= 11 is 1.24. The summed E-state index contributed by atoms with van der Waals surface area (Å²) in [5.41, 5.74) is -0.658. The van der Waals surface area contributed by atoms with E-state index < -0.39 is 36.4 Å². The molecule has 0 aromatic heterocycles. The van der Waals surface area contributed by atoms with Crippen LogP contribution >= 0.6 is 11.8 Å². The molecule has 21 heavy (non-hydrogen) atoms. The molecule has 0 bridgehead atoms. The van der Waals surface area contributed by atoms with E-state index in [9.17, 15) is 19.8 Å². The summed E-state index contributed by atoms with van der Waals surface area (Å²) in [7, 11) is 1.53. The quantitative estimate of drug-likeness (QED) is 0.375. The van der Waals surface area contributed by atoms with Crippen molar-refractivity contribution in [3.63, 3.8) is 0 Å². The lowest BCUT2D eigenvalue weighted by atomic mass is 9.98. The van der Waals surface area contributed by atoms with Gasteiger partial charge in [0.15, 0.2) is 0 Å². The SMILES string of the molecule is CNC(=O)CCS[C@@H]1O[C@H](CO)[C@H](O)[C@H](O)[C@H]1NC(C)=O. The van der Waals surface area contributed by atoms with Crippen molar-refractivity contribution in [3.05, 3.63) is 0 Å². The van der Waals surface area contributed by atoms with Crippen LogP contribution < -0.4 is 10.6 Å².